The predicted molar refractivity (Wildman–Crippen MR) is 86.8 cm³/mol. The molecular weight excluding hydrogens is 276 g/mol. The van der Waals surface area contributed by atoms with Gasteiger partial charge in [0.1, 0.15) is 11.3 Å². The first-order valence-electron chi connectivity index (χ1n) is 7.10. The van der Waals surface area contributed by atoms with Crippen molar-refractivity contribution in [3.8, 4) is 16.9 Å². The molecule has 0 radical (unpaired) electrons. The van der Waals surface area contributed by atoms with Crippen LogP contribution < -0.4 is 4.74 Å². The number of hydrogen-bond acceptors (Lipinski definition) is 4. The third kappa shape index (κ3) is 2.53. The molecule has 0 amide bonds. The lowest BCUT2D eigenvalue weighted by molar-refractivity contribution is 0.0783. The summed E-state index contributed by atoms with van der Waals surface area (Å²) in [6.07, 6.45) is 5.23. The summed E-state index contributed by atoms with van der Waals surface area (Å²) in [5, 5.41) is 11.2. The molecule has 0 aliphatic carbocycles. The van der Waals surface area contributed by atoms with Crippen LogP contribution >= 0.6 is 0 Å². The highest BCUT2D eigenvalue weighted by atomic mass is 16.5. The molecule has 1 N–H and O–H groups in total. The minimum absolute atomic E-state index is 0.742. The lowest BCUT2D eigenvalue weighted by atomic mass is 9.95. The van der Waals surface area contributed by atoms with Gasteiger partial charge in [-0.15, -0.1) is 0 Å². The predicted octanol–water partition coefficient (Wildman–Crippen LogP) is 3.53. The van der Waals surface area contributed by atoms with Crippen molar-refractivity contribution >= 4 is 10.9 Å². The van der Waals surface area contributed by atoms with Gasteiger partial charge in [0.15, 0.2) is 0 Å². The molecule has 3 rings (SSSR count). The number of nitrogens with zero attached hydrogens (tertiary/aromatic N) is 2. The van der Waals surface area contributed by atoms with Gasteiger partial charge in [-0.25, -0.2) is 0 Å². The summed E-state index contributed by atoms with van der Waals surface area (Å²) >= 11 is 0. The molecule has 1 aromatic carbocycles. The Morgan fingerprint density at radius 3 is 2.68 bits per heavy atom. The number of fused-ring (bicyclic) bond motifs is 1. The van der Waals surface area contributed by atoms with E-state index in [0.717, 1.165) is 33.3 Å². The quantitative estimate of drug-likeness (QED) is 0.803. The van der Waals surface area contributed by atoms with Crippen LogP contribution in [0, 0.1) is 0 Å². The standard InChI is InChI=1S/C18H18N2O2/c1-18(2,21)13-9-12(10-19-11-13)14-6-7-16(22-3)17-15(14)5-4-8-20-17/h4-11,21H,1-3H3. The molecule has 0 spiro atoms. The fourth-order valence-electron chi connectivity index (χ4n) is 2.48. The van der Waals surface area contributed by atoms with E-state index in [1.807, 2.05) is 30.3 Å². The molecule has 0 atom stereocenters. The lowest BCUT2D eigenvalue weighted by Crippen LogP contribution is -2.15. The van der Waals surface area contributed by atoms with Crippen molar-refractivity contribution in [2.75, 3.05) is 7.11 Å². The second-order valence-electron chi connectivity index (χ2n) is 5.74. The van der Waals surface area contributed by atoms with Gasteiger partial charge in [0.2, 0.25) is 0 Å². The van der Waals surface area contributed by atoms with Crippen LogP contribution in [-0.2, 0) is 5.60 Å². The molecule has 0 fully saturated rings. The largest absolute Gasteiger partial charge is 0.494 e. The van der Waals surface area contributed by atoms with Crippen LogP contribution in [-0.4, -0.2) is 22.2 Å². The summed E-state index contributed by atoms with van der Waals surface area (Å²) in [4.78, 5) is 8.68. The van der Waals surface area contributed by atoms with Gasteiger partial charge in [0, 0.05) is 35.1 Å². The lowest BCUT2D eigenvalue weighted by Gasteiger charge is -2.18. The van der Waals surface area contributed by atoms with Crippen LogP contribution in [0.1, 0.15) is 19.4 Å². The molecule has 22 heavy (non-hydrogen) atoms. The van der Waals surface area contributed by atoms with Crippen LogP contribution in [0.3, 0.4) is 0 Å². The minimum atomic E-state index is -0.927. The Morgan fingerprint density at radius 1 is 1.14 bits per heavy atom. The summed E-state index contributed by atoms with van der Waals surface area (Å²) in [7, 11) is 1.64. The molecule has 2 heterocycles. The Hall–Kier alpha value is -2.46. The number of methoxy groups -OCH3 is 1. The Kier molecular flexibility index (Phi) is 3.54. The number of aliphatic hydroxyl groups is 1. The van der Waals surface area contributed by atoms with Gasteiger partial charge in [-0.2, -0.15) is 0 Å². The van der Waals surface area contributed by atoms with Gasteiger partial charge >= 0.3 is 0 Å². The normalized spacial score (nSPS) is 11.6. The molecule has 2 aromatic heterocycles. The Bertz CT molecular complexity index is 823. The van der Waals surface area contributed by atoms with Crippen molar-refractivity contribution < 1.29 is 9.84 Å². The zero-order chi connectivity index (χ0) is 15.7. The molecule has 0 aliphatic heterocycles. The zero-order valence-electron chi connectivity index (χ0n) is 12.9. The third-order valence-corrected chi connectivity index (χ3v) is 3.71. The number of aromatic nitrogens is 2. The highest BCUT2D eigenvalue weighted by Crippen LogP contribution is 2.34. The molecular formula is C18H18N2O2. The molecule has 0 saturated heterocycles. The van der Waals surface area contributed by atoms with Crippen molar-refractivity contribution in [2.24, 2.45) is 0 Å². The highest BCUT2D eigenvalue weighted by Gasteiger charge is 2.18. The smallest absolute Gasteiger partial charge is 0.145 e. The van der Waals surface area contributed by atoms with E-state index in [4.69, 9.17) is 4.74 Å². The number of rotatable bonds is 3. The van der Waals surface area contributed by atoms with Crippen molar-refractivity contribution in [3.05, 3.63) is 54.5 Å². The van der Waals surface area contributed by atoms with Gasteiger partial charge in [-0.3, -0.25) is 9.97 Å². The van der Waals surface area contributed by atoms with E-state index < -0.39 is 5.60 Å². The monoisotopic (exact) mass is 294 g/mol. The third-order valence-electron chi connectivity index (χ3n) is 3.71. The molecule has 0 aliphatic rings. The van der Waals surface area contributed by atoms with Crippen LogP contribution in [0.4, 0.5) is 0 Å². The maximum absolute atomic E-state index is 10.2. The summed E-state index contributed by atoms with van der Waals surface area (Å²) in [6.45, 7) is 3.50. The Balaban J connectivity index is 2.23. The van der Waals surface area contributed by atoms with E-state index in [-0.39, 0.29) is 0 Å². The van der Waals surface area contributed by atoms with E-state index in [0.29, 0.717) is 0 Å². The Morgan fingerprint density at radius 2 is 1.95 bits per heavy atom. The number of ether oxygens (including phenoxy) is 1. The van der Waals surface area contributed by atoms with E-state index in [9.17, 15) is 5.11 Å². The SMILES string of the molecule is COc1ccc(-c2cncc(C(C)(C)O)c2)c2cccnc12. The maximum Gasteiger partial charge on any atom is 0.145 e. The molecule has 112 valence electrons. The van der Waals surface area contributed by atoms with E-state index in [2.05, 4.69) is 9.97 Å². The van der Waals surface area contributed by atoms with Gasteiger partial charge in [-0.05, 0) is 43.7 Å². The highest BCUT2D eigenvalue weighted by molar-refractivity contribution is 5.97. The number of benzene rings is 1. The van der Waals surface area contributed by atoms with E-state index in [1.54, 1.807) is 39.5 Å². The van der Waals surface area contributed by atoms with Gasteiger partial charge in [-0.1, -0.05) is 6.07 Å². The van der Waals surface area contributed by atoms with Crippen molar-refractivity contribution in [3.63, 3.8) is 0 Å². The molecule has 0 unspecified atom stereocenters. The first-order valence-corrected chi connectivity index (χ1v) is 7.10. The van der Waals surface area contributed by atoms with Gasteiger partial charge < -0.3 is 9.84 Å². The maximum atomic E-state index is 10.2. The Labute approximate surface area is 129 Å². The molecule has 4 nitrogen and oxygen atoms in total. The van der Waals surface area contributed by atoms with Crippen LogP contribution in [0.15, 0.2) is 48.9 Å². The second-order valence-corrected chi connectivity index (χ2v) is 5.74. The average Bonchev–Trinajstić information content (AvgIpc) is 2.53. The average molecular weight is 294 g/mol. The second kappa shape index (κ2) is 5.39. The fraction of sp³-hybridized carbons (Fsp3) is 0.222. The van der Waals surface area contributed by atoms with Gasteiger partial charge in [0.25, 0.3) is 0 Å². The summed E-state index contributed by atoms with van der Waals surface area (Å²) in [5.41, 5.74) is 2.63. The van der Waals surface area contributed by atoms with Crippen molar-refractivity contribution in [2.45, 2.75) is 19.4 Å². The minimum Gasteiger partial charge on any atom is -0.494 e. The number of hydrogen-bond donors (Lipinski definition) is 1. The summed E-state index contributed by atoms with van der Waals surface area (Å²) in [6, 6.07) is 9.77. The first kappa shape index (κ1) is 14.5. The van der Waals surface area contributed by atoms with Gasteiger partial charge in [0.05, 0.1) is 12.7 Å². The van der Waals surface area contributed by atoms with Crippen molar-refractivity contribution in [1.82, 2.24) is 9.97 Å². The molecule has 3 aromatic rings. The first-order chi connectivity index (χ1) is 10.5. The number of pyridine rings is 2. The summed E-state index contributed by atoms with van der Waals surface area (Å²) in [5.74, 6) is 0.742. The van der Waals surface area contributed by atoms with Crippen LogP contribution in [0.5, 0.6) is 5.75 Å². The van der Waals surface area contributed by atoms with E-state index >= 15 is 0 Å². The molecule has 0 saturated carbocycles. The molecule has 0 bridgehead atoms. The molecule has 4 heteroatoms. The van der Waals surface area contributed by atoms with Crippen LogP contribution in [0.25, 0.3) is 22.0 Å². The topological polar surface area (TPSA) is 55.2 Å². The fourth-order valence-corrected chi connectivity index (χ4v) is 2.48. The van der Waals surface area contributed by atoms with E-state index in [1.165, 1.54) is 0 Å². The van der Waals surface area contributed by atoms with Crippen LogP contribution in [0.2, 0.25) is 0 Å². The van der Waals surface area contributed by atoms with Crippen molar-refractivity contribution in [1.29, 1.82) is 0 Å². The summed E-state index contributed by atoms with van der Waals surface area (Å²) < 4.78 is 5.38. The zero-order valence-corrected chi connectivity index (χ0v) is 12.9.